The molecule has 1 nitrogen and oxygen atoms in total. The molecule has 2 unspecified atom stereocenters. The Morgan fingerprint density at radius 2 is 2.27 bits per heavy atom. The van der Waals surface area contributed by atoms with Crippen LogP contribution in [0.3, 0.4) is 0 Å². The molecule has 1 aliphatic carbocycles. The molecule has 86 valence electrons. The molecule has 0 heterocycles. The molecule has 0 spiro atoms. The van der Waals surface area contributed by atoms with E-state index in [2.05, 4.69) is 26.8 Å². The Kier molecular flexibility index (Phi) is 5.07. The van der Waals surface area contributed by atoms with E-state index in [4.69, 9.17) is 0 Å². The van der Waals surface area contributed by atoms with Gasteiger partial charge in [-0.25, -0.2) is 0 Å². The van der Waals surface area contributed by atoms with Gasteiger partial charge in [0.25, 0.3) is 0 Å². The highest BCUT2D eigenvalue weighted by molar-refractivity contribution is 5.55. The normalized spacial score (nSPS) is 26.5. The average Bonchev–Trinajstić information content (AvgIpc) is 2.17. The number of aldehydes is 1. The molecule has 15 heavy (non-hydrogen) atoms. The molecule has 0 aliphatic heterocycles. The first-order chi connectivity index (χ1) is 7.13. The smallest absolute Gasteiger partial charge is 0.123 e. The minimum Gasteiger partial charge on any atom is -0.303 e. The van der Waals surface area contributed by atoms with Crippen LogP contribution in [0.4, 0.5) is 0 Å². The van der Waals surface area contributed by atoms with Crippen LogP contribution in [0.5, 0.6) is 0 Å². The zero-order valence-electron chi connectivity index (χ0n) is 10.3. The maximum Gasteiger partial charge on any atom is 0.123 e. The molecule has 0 radical (unpaired) electrons. The van der Waals surface area contributed by atoms with Crippen molar-refractivity contribution in [1.82, 2.24) is 0 Å². The Hall–Kier alpha value is -0.590. The van der Waals surface area contributed by atoms with Crippen molar-refractivity contribution in [3.8, 4) is 0 Å². The quantitative estimate of drug-likeness (QED) is 0.493. The minimum atomic E-state index is 0.277. The van der Waals surface area contributed by atoms with E-state index in [1.165, 1.54) is 19.3 Å². The van der Waals surface area contributed by atoms with Crippen molar-refractivity contribution >= 4 is 6.29 Å². The second-order valence-corrected chi connectivity index (χ2v) is 5.37. The summed E-state index contributed by atoms with van der Waals surface area (Å²) in [6.45, 7) is 6.76. The molecule has 1 aliphatic rings. The fourth-order valence-electron chi connectivity index (χ4n) is 2.31. The van der Waals surface area contributed by atoms with Crippen molar-refractivity contribution in [3.63, 3.8) is 0 Å². The Morgan fingerprint density at radius 3 is 2.80 bits per heavy atom. The molecule has 0 saturated heterocycles. The standard InChI is InChI=1S/C14H24O/c1-11(2)5-4-6-13-7-8-14(10-15)12(3)9-13/h7,10-12,14H,4-6,8-9H2,1-3H3. The Bertz CT molecular complexity index is 227. The molecule has 0 amide bonds. The van der Waals surface area contributed by atoms with Crippen molar-refractivity contribution in [2.24, 2.45) is 17.8 Å². The molecule has 1 heteroatoms. The van der Waals surface area contributed by atoms with Crippen LogP contribution in [0.2, 0.25) is 0 Å². The molecule has 0 fully saturated rings. The Balaban J connectivity index is 2.32. The van der Waals surface area contributed by atoms with E-state index in [-0.39, 0.29) is 5.92 Å². The van der Waals surface area contributed by atoms with Crippen molar-refractivity contribution in [3.05, 3.63) is 11.6 Å². The van der Waals surface area contributed by atoms with E-state index >= 15 is 0 Å². The van der Waals surface area contributed by atoms with Crippen LogP contribution in [0.1, 0.15) is 52.9 Å². The number of allylic oxidation sites excluding steroid dienone is 2. The third kappa shape index (κ3) is 4.19. The SMILES string of the molecule is CC(C)CCCC1=CCC(C=O)C(C)C1. The van der Waals surface area contributed by atoms with E-state index < -0.39 is 0 Å². The van der Waals surface area contributed by atoms with Crippen LogP contribution in [0.15, 0.2) is 11.6 Å². The molecule has 1 rings (SSSR count). The molecule has 0 bridgehead atoms. The summed E-state index contributed by atoms with van der Waals surface area (Å²) < 4.78 is 0. The van der Waals surface area contributed by atoms with E-state index in [1.807, 2.05) is 0 Å². The van der Waals surface area contributed by atoms with Crippen LogP contribution in [0, 0.1) is 17.8 Å². The van der Waals surface area contributed by atoms with Gasteiger partial charge in [-0.05, 0) is 37.5 Å². The summed E-state index contributed by atoms with van der Waals surface area (Å²) in [6, 6.07) is 0. The first-order valence-corrected chi connectivity index (χ1v) is 6.26. The molecule has 0 saturated carbocycles. The number of carbonyl (C=O) groups is 1. The van der Waals surface area contributed by atoms with Gasteiger partial charge < -0.3 is 4.79 Å². The third-order valence-electron chi connectivity index (χ3n) is 3.45. The van der Waals surface area contributed by atoms with Crippen LogP contribution >= 0.6 is 0 Å². The third-order valence-corrected chi connectivity index (χ3v) is 3.45. The van der Waals surface area contributed by atoms with E-state index in [0.717, 1.165) is 25.0 Å². The fourth-order valence-corrected chi connectivity index (χ4v) is 2.31. The van der Waals surface area contributed by atoms with Crippen LogP contribution < -0.4 is 0 Å². The molecular formula is C14H24O. The van der Waals surface area contributed by atoms with Gasteiger partial charge >= 0.3 is 0 Å². The van der Waals surface area contributed by atoms with E-state index in [9.17, 15) is 4.79 Å². The monoisotopic (exact) mass is 208 g/mol. The van der Waals surface area contributed by atoms with Gasteiger partial charge in [-0.15, -0.1) is 0 Å². The zero-order valence-corrected chi connectivity index (χ0v) is 10.3. The lowest BCUT2D eigenvalue weighted by molar-refractivity contribution is -0.112. The number of hydrogen-bond donors (Lipinski definition) is 0. The van der Waals surface area contributed by atoms with Crippen molar-refractivity contribution in [1.29, 1.82) is 0 Å². The molecule has 0 aromatic heterocycles. The Morgan fingerprint density at radius 1 is 1.53 bits per heavy atom. The van der Waals surface area contributed by atoms with Crippen molar-refractivity contribution in [2.75, 3.05) is 0 Å². The van der Waals surface area contributed by atoms with Gasteiger partial charge in [0.05, 0.1) is 0 Å². The summed E-state index contributed by atoms with van der Waals surface area (Å²) in [5.74, 6) is 1.65. The number of hydrogen-bond acceptors (Lipinski definition) is 1. The Labute approximate surface area is 93.9 Å². The van der Waals surface area contributed by atoms with Crippen molar-refractivity contribution < 1.29 is 4.79 Å². The lowest BCUT2D eigenvalue weighted by Crippen LogP contribution is -2.17. The summed E-state index contributed by atoms with van der Waals surface area (Å²) in [6.07, 6.45) is 9.42. The fraction of sp³-hybridized carbons (Fsp3) is 0.786. The van der Waals surface area contributed by atoms with Gasteiger partial charge in [-0.1, -0.05) is 38.8 Å². The first-order valence-electron chi connectivity index (χ1n) is 6.26. The topological polar surface area (TPSA) is 17.1 Å². The molecule has 0 aromatic rings. The van der Waals surface area contributed by atoms with Crippen molar-refractivity contribution in [2.45, 2.75) is 52.9 Å². The molecule has 2 atom stereocenters. The second-order valence-electron chi connectivity index (χ2n) is 5.37. The van der Waals surface area contributed by atoms with Crippen LogP contribution in [0.25, 0.3) is 0 Å². The maximum absolute atomic E-state index is 10.8. The highest BCUT2D eigenvalue weighted by Gasteiger charge is 2.21. The molecule has 0 aromatic carbocycles. The van der Waals surface area contributed by atoms with Gasteiger partial charge in [-0.3, -0.25) is 0 Å². The van der Waals surface area contributed by atoms with Gasteiger partial charge in [0.2, 0.25) is 0 Å². The highest BCUT2D eigenvalue weighted by atomic mass is 16.1. The number of rotatable bonds is 5. The predicted molar refractivity (Wildman–Crippen MR) is 64.7 cm³/mol. The predicted octanol–water partition coefficient (Wildman–Crippen LogP) is 3.98. The summed E-state index contributed by atoms with van der Waals surface area (Å²) in [7, 11) is 0. The average molecular weight is 208 g/mol. The lowest BCUT2D eigenvalue weighted by Gasteiger charge is -2.24. The second kappa shape index (κ2) is 6.09. The summed E-state index contributed by atoms with van der Waals surface area (Å²) in [4.78, 5) is 10.8. The zero-order chi connectivity index (χ0) is 11.3. The number of carbonyl (C=O) groups excluding carboxylic acids is 1. The lowest BCUT2D eigenvalue weighted by atomic mass is 9.80. The maximum atomic E-state index is 10.8. The summed E-state index contributed by atoms with van der Waals surface area (Å²) in [5, 5.41) is 0. The summed E-state index contributed by atoms with van der Waals surface area (Å²) in [5.41, 5.74) is 1.58. The van der Waals surface area contributed by atoms with Gasteiger partial charge in [0.1, 0.15) is 6.29 Å². The minimum absolute atomic E-state index is 0.277. The first kappa shape index (κ1) is 12.5. The van der Waals surface area contributed by atoms with Crippen LogP contribution in [-0.4, -0.2) is 6.29 Å². The molecular weight excluding hydrogens is 184 g/mol. The largest absolute Gasteiger partial charge is 0.303 e. The van der Waals surface area contributed by atoms with Gasteiger partial charge in [0.15, 0.2) is 0 Å². The van der Waals surface area contributed by atoms with Gasteiger partial charge in [-0.2, -0.15) is 0 Å². The summed E-state index contributed by atoms with van der Waals surface area (Å²) >= 11 is 0. The van der Waals surface area contributed by atoms with Gasteiger partial charge in [0, 0.05) is 5.92 Å². The van der Waals surface area contributed by atoms with Crippen LogP contribution in [-0.2, 0) is 4.79 Å². The molecule has 0 N–H and O–H groups in total. The van der Waals surface area contributed by atoms with E-state index in [0.29, 0.717) is 5.92 Å². The highest BCUT2D eigenvalue weighted by Crippen LogP contribution is 2.30. The van der Waals surface area contributed by atoms with E-state index in [1.54, 1.807) is 5.57 Å².